The number of carbonyl (C=O) groups is 1. The highest BCUT2D eigenvalue weighted by molar-refractivity contribution is 9.11. The first-order valence-corrected chi connectivity index (χ1v) is 6.30. The molecule has 0 aromatic carbocycles. The van der Waals surface area contributed by atoms with Crippen molar-refractivity contribution < 1.29 is 9.53 Å². The van der Waals surface area contributed by atoms with Crippen LogP contribution in [0, 0.1) is 5.92 Å². The van der Waals surface area contributed by atoms with Gasteiger partial charge in [0.05, 0.1) is 3.79 Å². The van der Waals surface area contributed by atoms with Crippen molar-refractivity contribution in [3.8, 4) is 0 Å². The molecule has 4 heteroatoms. The third-order valence-electron chi connectivity index (χ3n) is 2.44. The number of thiophene rings is 1. The van der Waals surface area contributed by atoms with Crippen LogP contribution in [0.4, 0.5) is 0 Å². The number of rotatable bonds is 2. The van der Waals surface area contributed by atoms with E-state index < -0.39 is 0 Å². The molecule has 0 N–H and O–H groups in total. The Kier molecular flexibility index (Phi) is 3.36. The average Bonchev–Trinajstić information content (AvgIpc) is 2.65. The summed E-state index contributed by atoms with van der Waals surface area (Å²) in [7, 11) is 0. The largest absolute Gasteiger partial charge is 0.381 e. The number of carbonyl (C=O) groups excluding carboxylic acids is 1. The molecule has 2 nitrogen and oxygen atoms in total. The van der Waals surface area contributed by atoms with Crippen LogP contribution in [0.15, 0.2) is 15.2 Å². The smallest absolute Gasteiger partial charge is 0.166 e. The lowest BCUT2D eigenvalue weighted by Crippen LogP contribution is -2.23. The summed E-state index contributed by atoms with van der Waals surface area (Å²) in [5.41, 5.74) is 0.841. The minimum Gasteiger partial charge on any atom is -0.381 e. The van der Waals surface area contributed by atoms with Gasteiger partial charge in [-0.25, -0.2) is 0 Å². The van der Waals surface area contributed by atoms with Crippen molar-refractivity contribution in [2.24, 2.45) is 5.92 Å². The summed E-state index contributed by atoms with van der Waals surface area (Å²) in [6, 6.07) is 1.91. The lowest BCUT2D eigenvalue weighted by molar-refractivity contribution is 0.0545. The predicted octanol–water partition coefficient (Wildman–Crippen LogP) is 3.12. The molecule has 1 aromatic heterocycles. The first-order chi connectivity index (χ1) is 6.77. The molecule has 0 atom stereocenters. The molecule has 0 unspecified atom stereocenters. The lowest BCUT2D eigenvalue weighted by atomic mass is 9.92. The van der Waals surface area contributed by atoms with Crippen molar-refractivity contribution in [3.05, 3.63) is 20.8 Å². The van der Waals surface area contributed by atoms with E-state index in [1.165, 1.54) is 0 Å². The molecule has 1 aliphatic heterocycles. The second kappa shape index (κ2) is 4.55. The summed E-state index contributed by atoms with van der Waals surface area (Å²) in [6.07, 6.45) is 1.73. The molecule has 1 fully saturated rings. The van der Waals surface area contributed by atoms with E-state index >= 15 is 0 Å². The maximum atomic E-state index is 11.9. The molecule has 0 spiro atoms. The minimum absolute atomic E-state index is 0.172. The number of halogens is 1. The fourth-order valence-electron chi connectivity index (χ4n) is 1.63. The SMILES string of the molecule is O=C(c1csc(Br)c1)C1CCOCC1. The Bertz CT molecular complexity index is 329. The average molecular weight is 275 g/mol. The maximum Gasteiger partial charge on any atom is 0.166 e. The molecule has 0 aliphatic carbocycles. The highest BCUT2D eigenvalue weighted by Gasteiger charge is 2.23. The quantitative estimate of drug-likeness (QED) is 0.775. The van der Waals surface area contributed by atoms with Crippen LogP contribution >= 0.6 is 27.3 Å². The van der Waals surface area contributed by atoms with Crippen LogP contribution in [-0.2, 0) is 4.74 Å². The number of ketones is 1. The second-order valence-corrected chi connectivity index (χ2v) is 5.68. The van der Waals surface area contributed by atoms with Gasteiger partial charge in [0.15, 0.2) is 5.78 Å². The molecular formula is C10H11BrO2S. The Hall–Kier alpha value is -0.190. The molecule has 2 rings (SSSR count). The van der Waals surface area contributed by atoms with E-state index in [1.54, 1.807) is 11.3 Å². The first kappa shape index (κ1) is 10.3. The van der Waals surface area contributed by atoms with Crippen LogP contribution in [-0.4, -0.2) is 19.0 Å². The van der Waals surface area contributed by atoms with Crippen molar-refractivity contribution >= 4 is 33.0 Å². The summed E-state index contributed by atoms with van der Waals surface area (Å²) in [4.78, 5) is 11.9. The standard InChI is InChI=1S/C10H11BrO2S/c11-9-5-8(6-14-9)10(12)7-1-3-13-4-2-7/h5-7H,1-4H2. The summed E-state index contributed by atoms with van der Waals surface area (Å²) in [5, 5.41) is 1.92. The molecule has 0 saturated carbocycles. The van der Waals surface area contributed by atoms with Gasteiger partial charge in [0, 0.05) is 30.1 Å². The fourth-order valence-corrected chi connectivity index (χ4v) is 2.78. The van der Waals surface area contributed by atoms with E-state index in [9.17, 15) is 4.79 Å². The third kappa shape index (κ3) is 2.24. The Morgan fingerprint density at radius 2 is 2.21 bits per heavy atom. The van der Waals surface area contributed by atoms with Crippen LogP contribution < -0.4 is 0 Å². The van der Waals surface area contributed by atoms with Crippen molar-refractivity contribution in [3.63, 3.8) is 0 Å². The molecule has 2 heterocycles. The third-order valence-corrected chi connectivity index (χ3v) is 3.95. The van der Waals surface area contributed by atoms with E-state index in [-0.39, 0.29) is 11.7 Å². The summed E-state index contributed by atoms with van der Waals surface area (Å²) in [6.45, 7) is 1.45. The topological polar surface area (TPSA) is 26.3 Å². The van der Waals surface area contributed by atoms with Gasteiger partial charge in [-0.2, -0.15) is 0 Å². The predicted molar refractivity (Wildman–Crippen MR) is 59.9 cm³/mol. The lowest BCUT2D eigenvalue weighted by Gasteiger charge is -2.20. The van der Waals surface area contributed by atoms with E-state index in [2.05, 4.69) is 15.9 Å². The monoisotopic (exact) mass is 274 g/mol. The normalized spacial score (nSPS) is 18.4. The molecule has 0 amide bonds. The van der Waals surface area contributed by atoms with E-state index in [0.717, 1.165) is 35.4 Å². The molecule has 1 aliphatic rings. The zero-order chi connectivity index (χ0) is 9.97. The van der Waals surface area contributed by atoms with Crippen molar-refractivity contribution in [2.75, 3.05) is 13.2 Å². The summed E-state index contributed by atoms with van der Waals surface area (Å²) in [5.74, 6) is 0.445. The van der Waals surface area contributed by atoms with Crippen LogP contribution in [0.5, 0.6) is 0 Å². The minimum atomic E-state index is 0.172. The molecule has 76 valence electrons. The van der Waals surface area contributed by atoms with Gasteiger partial charge in [0.25, 0.3) is 0 Å². The van der Waals surface area contributed by atoms with Crippen molar-refractivity contribution in [1.29, 1.82) is 0 Å². The van der Waals surface area contributed by atoms with Gasteiger partial charge in [0.1, 0.15) is 0 Å². The zero-order valence-corrected chi connectivity index (χ0v) is 10.1. The molecular weight excluding hydrogens is 264 g/mol. The van der Waals surface area contributed by atoms with E-state index in [1.807, 2.05) is 11.4 Å². The fraction of sp³-hybridized carbons (Fsp3) is 0.500. The van der Waals surface area contributed by atoms with E-state index in [4.69, 9.17) is 4.74 Å². The molecule has 0 radical (unpaired) electrons. The van der Waals surface area contributed by atoms with Crippen LogP contribution in [0.2, 0.25) is 0 Å². The summed E-state index contributed by atoms with van der Waals surface area (Å²) < 4.78 is 6.25. The molecule has 1 saturated heterocycles. The Balaban J connectivity index is 2.07. The molecule has 0 bridgehead atoms. The van der Waals surface area contributed by atoms with Crippen LogP contribution in [0.25, 0.3) is 0 Å². The number of hydrogen-bond donors (Lipinski definition) is 0. The van der Waals surface area contributed by atoms with Crippen molar-refractivity contribution in [2.45, 2.75) is 12.8 Å². The Morgan fingerprint density at radius 3 is 2.79 bits per heavy atom. The molecule has 14 heavy (non-hydrogen) atoms. The van der Waals surface area contributed by atoms with Gasteiger partial charge < -0.3 is 4.74 Å². The maximum absolute atomic E-state index is 11.9. The number of ether oxygens (including phenoxy) is 1. The Morgan fingerprint density at radius 1 is 1.50 bits per heavy atom. The number of hydrogen-bond acceptors (Lipinski definition) is 3. The highest BCUT2D eigenvalue weighted by atomic mass is 79.9. The van der Waals surface area contributed by atoms with Gasteiger partial charge in [-0.3, -0.25) is 4.79 Å². The summed E-state index contributed by atoms with van der Waals surface area (Å²) >= 11 is 4.93. The molecule has 1 aromatic rings. The second-order valence-electron chi connectivity index (χ2n) is 3.39. The van der Waals surface area contributed by atoms with Crippen LogP contribution in [0.3, 0.4) is 0 Å². The van der Waals surface area contributed by atoms with Gasteiger partial charge >= 0.3 is 0 Å². The zero-order valence-electron chi connectivity index (χ0n) is 7.66. The highest BCUT2D eigenvalue weighted by Crippen LogP contribution is 2.26. The van der Waals surface area contributed by atoms with Crippen LogP contribution in [0.1, 0.15) is 23.2 Å². The Labute approximate surface area is 95.4 Å². The first-order valence-electron chi connectivity index (χ1n) is 4.63. The van der Waals surface area contributed by atoms with Gasteiger partial charge in [-0.1, -0.05) is 0 Å². The van der Waals surface area contributed by atoms with Gasteiger partial charge in [0.2, 0.25) is 0 Å². The van der Waals surface area contributed by atoms with Gasteiger partial charge in [-0.05, 0) is 34.8 Å². The van der Waals surface area contributed by atoms with Gasteiger partial charge in [-0.15, -0.1) is 11.3 Å². The number of Topliss-reactive ketones (excluding diaryl/α,β-unsaturated/α-hetero) is 1. The van der Waals surface area contributed by atoms with E-state index in [0.29, 0.717) is 0 Å². The van der Waals surface area contributed by atoms with Crippen molar-refractivity contribution in [1.82, 2.24) is 0 Å².